The zero-order valence-corrected chi connectivity index (χ0v) is 8.89. The Hall–Kier alpha value is -0.830. The molecule has 0 rings (SSSR count). The molecule has 3 nitrogen and oxygen atoms in total. The molecule has 0 heterocycles. The molecular weight excluding hydrogens is 166 g/mol. The summed E-state index contributed by atoms with van der Waals surface area (Å²) in [5.41, 5.74) is 7.42. The monoisotopic (exact) mass is 185 g/mol. The molecule has 76 valence electrons. The lowest BCUT2D eigenvalue weighted by atomic mass is 9.98. The van der Waals surface area contributed by atoms with Crippen molar-refractivity contribution in [2.24, 2.45) is 5.73 Å². The number of hydrogen-bond donors (Lipinski definition) is 1. The molecule has 0 bridgehead atoms. The van der Waals surface area contributed by atoms with Crippen LogP contribution < -0.4 is 5.73 Å². The minimum atomic E-state index is -0.297. The van der Waals surface area contributed by atoms with E-state index >= 15 is 0 Å². The molecule has 0 saturated carbocycles. The number of rotatable bonds is 4. The largest absolute Gasteiger partial charge is 0.466 e. The molecule has 0 spiro atoms. The van der Waals surface area contributed by atoms with Gasteiger partial charge in [0, 0.05) is 6.04 Å². The zero-order chi connectivity index (χ0) is 10.4. The Bertz CT molecular complexity index is 201. The van der Waals surface area contributed by atoms with Gasteiger partial charge in [-0.15, -0.1) is 0 Å². The summed E-state index contributed by atoms with van der Waals surface area (Å²) in [6.07, 6.45) is 1.70. The van der Waals surface area contributed by atoms with Crippen molar-refractivity contribution < 1.29 is 9.53 Å². The van der Waals surface area contributed by atoms with Crippen molar-refractivity contribution in [3.63, 3.8) is 0 Å². The zero-order valence-electron chi connectivity index (χ0n) is 8.89. The maximum Gasteiger partial charge on any atom is 0.335 e. The van der Waals surface area contributed by atoms with Crippen LogP contribution in [0, 0.1) is 0 Å². The number of nitrogens with two attached hydrogens (primary N) is 1. The van der Waals surface area contributed by atoms with E-state index in [4.69, 9.17) is 5.73 Å². The van der Waals surface area contributed by atoms with Gasteiger partial charge in [0.15, 0.2) is 0 Å². The smallest absolute Gasteiger partial charge is 0.335 e. The molecule has 0 amide bonds. The highest BCUT2D eigenvalue weighted by molar-refractivity contribution is 5.90. The minimum Gasteiger partial charge on any atom is -0.466 e. The van der Waals surface area contributed by atoms with Crippen molar-refractivity contribution in [3.8, 4) is 0 Å². The van der Waals surface area contributed by atoms with E-state index in [1.54, 1.807) is 6.92 Å². The van der Waals surface area contributed by atoms with Crippen LogP contribution in [0.25, 0.3) is 0 Å². The predicted molar refractivity (Wildman–Crippen MR) is 53.3 cm³/mol. The molecule has 1 unspecified atom stereocenters. The maximum absolute atomic E-state index is 11.4. The molecule has 0 fully saturated rings. The van der Waals surface area contributed by atoms with E-state index in [1.807, 2.05) is 13.8 Å². The fraction of sp³-hybridized carbons (Fsp3) is 0.700. The summed E-state index contributed by atoms with van der Waals surface area (Å²) < 4.78 is 4.68. The number of carbonyl (C=O) groups excluding carboxylic acids is 1. The van der Waals surface area contributed by atoms with E-state index < -0.39 is 0 Å². The Kier molecular flexibility index (Phi) is 5.39. The van der Waals surface area contributed by atoms with Crippen molar-refractivity contribution >= 4 is 5.97 Å². The second kappa shape index (κ2) is 5.75. The normalized spacial score (nSPS) is 12.1. The van der Waals surface area contributed by atoms with Gasteiger partial charge >= 0.3 is 5.97 Å². The minimum absolute atomic E-state index is 0.248. The summed E-state index contributed by atoms with van der Waals surface area (Å²) in [6, 6.07) is -0.248. The molecule has 3 heteroatoms. The third-order valence-corrected chi connectivity index (χ3v) is 2.10. The van der Waals surface area contributed by atoms with Gasteiger partial charge in [0.2, 0.25) is 0 Å². The van der Waals surface area contributed by atoms with Crippen molar-refractivity contribution in [3.05, 3.63) is 11.1 Å². The maximum atomic E-state index is 11.4. The van der Waals surface area contributed by atoms with Gasteiger partial charge in [-0.2, -0.15) is 0 Å². The van der Waals surface area contributed by atoms with Crippen LogP contribution >= 0.6 is 0 Å². The highest BCUT2D eigenvalue weighted by Crippen LogP contribution is 2.16. The summed E-state index contributed by atoms with van der Waals surface area (Å²) in [5, 5.41) is 0. The number of esters is 1. The van der Waals surface area contributed by atoms with Gasteiger partial charge in [-0.3, -0.25) is 0 Å². The highest BCUT2D eigenvalue weighted by atomic mass is 16.5. The first-order valence-electron chi connectivity index (χ1n) is 4.64. The number of carbonyl (C=O) groups is 1. The van der Waals surface area contributed by atoms with Crippen molar-refractivity contribution in [2.75, 3.05) is 7.11 Å². The van der Waals surface area contributed by atoms with Crippen LogP contribution in [0.1, 0.15) is 33.6 Å². The van der Waals surface area contributed by atoms with Gasteiger partial charge < -0.3 is 10.5 Å². The third kappa shape index (κ3) is 3.19. The molecule has 0 aromatic carbocycles. The quantitative estimate of drug-likeness (QED) is 0.535. The van der Waals surface area contributed by atoms with E-state index in [9.17, 15) is 4.79 Å². The van der Waals surface area contributed by atoms with E-state index in [2.05, 4.69) is 4.74 Å². The van der Waals surface area contributed by atoms with Gasteiger partial charge in [0.1, 0.15) is 0 Å². The molecule has 13 heavy (non-hydrogen) atoms. The van der Waals surface area contributed by atoms with E-state index in [-0.39, 0.29) is 12.0 Å². The molecule has 0 radical (unpaired) electrons. The Labute approximate surface area is 79.9 Å². The number of hydrogen-bond acceptors (Lipinski definition) is 3. The predicted octanol–water partition coefficient (Wildman–Crippen LogP) is 1.62. The van der Waals surface area contributed by atoms with Gasteiger partial charge in [0.25, 0.3) is 0 Å². The van der Waals surface area contributed by atoms with Gasteiger partial charge in [-0.25, -0.2) is 4.79 Å². The average molecular weight is 185 g/mol. The number of allylic oxidation sites excluding steroid dienone is 1. The summed E-state index contributed by atoms with van der Waals surface area (Å²) in [6.45, 7) is 5.84. The van der Waals surface area contributed by atoms with Crippen LogP contribution in [-0.2, 0) is 9.53 Å². The fourth-order valence-corrected chi connectivity index (χ4v) is 1.39. The van der Waals surface area contributed by atoms with Gasteiger partial charge in [-0.1, -0.05) is 19.4 Å². The van der Waals surface area contributed by atoms with Crippen LogP contribution in [-0.4, -0.2) is 19.1 Å². The summed E-state index contributed by atoms with van der Waals surface area (Å²) in [7, 11) is 1.38. The first kappa shape index (κ1) is 12.2. The summed E-state index contributed by atoms with van der Waals surface area (Å²) >= 11 is 0. The Balaban J connectivity index is 4.96. The molecule has 1 atom stereocenters. The lowest BCUT2D eigenvalue weighted by Crippen LogP contribution is -2.26. The molecular formula is C10H19NO2. The van der Waals surface area contributed by atoms with Crippen LogP contribution in [0.15, 0.2) is 11.1 Å². The molecule has 0 saturated heterocycles. The summed E-state index contributed by atoms with van der Waals surface area (Å²) in [5.74, 6) is -0.297. The average Bonchev–Trinajstić information content (AvgIpc) is 2.12. The molecule has 0 aliphatic heterocycles. The highest BCUT2D eigenvalue weighted by Gasteiger charge is 2.17. The van der Waals surface area contributed by atoms with Crippen molar-refractivity contribution in [1.29, 1.82) is 0 Å². The second-order valence-corrected chi connectivity index (χ2v) is 3.00. The Morgan fingerprint density at radius 1 is 1.38 bits per heavy atom. The van der Waals surface area contributed by atoms with Gasteiger partial charge in [-0.05, 0) is 19.8 Å². The van der Waals surface area contributed by atoms with Crippen LogP contribution in [0.5, 0.6) is 0 Å². The standard InChI is InChI=1S/C10H19NO2/c1-5-8(6-2)9(7(3)11)10(12)13-4/h7H,5-6,11H2,1-4H3. The van der Waals surface area contributed by atoms with Crippen molar-refractivity contribution in [2.45, 2.75) is 39.7 Å². The topological polar surface area (TPSA) is 52.3 Å². The number of ether oxygens (including phenoxy) is 1. The lowest BCUT2D eigenvalue weighted by Gasteiger charge is -2.14. The Morgan fingerprint density at radius 2 is 1.85 bits per heavy atom. The molecule has 2 N–H and O–H groups in total. The molecule has 0 aromatic heterocycles. The molecule has 0 aromatic rings. The first-order chi connectivity index (χ1) is 6.08. The molecule has 0 aliphatic rings. The molecule has 0 aliphatic carbocycles. The fourth-order valence-electron chi connectivity index (χ4n) is 1.39. The second-order valence-electron chi connectivity index (χ2n) is 3.00. The van der Waals surface area contributed by atoms with Crippen molar-refractivity contribution in [1.82, 2.24) is 0 Å². The van der Waals surface area contributed by atoms with Gasteiger partial charge in [0.05, 0.1) is 12.7 Å². The summed E-state index contributed by atoms with van der Waals surface area (Å²) in [4.78, 5) is 11.4. The van der Waals surface area contributed by atoms with Crippen LogP contribution in [0.2, 0.25) is 0 Å². The van der Waals surface area contributed by atoms with Crippen LogP contribution in [0.3, 0.4) is 0 Å². The SMILES string of the molecule is CCC(CC)=C(C(=O)OC)C(C)N. The van der Waals surface area contributed by atoms with E-state index in [0.717, 1.165) is 18.4 Å². The van der Waals surface area contributed by atoms with E-state index in [1.165, 1.54) is 7.11 Å². The third-order valence-electron chi connectivity index (χ3n) is 2.10. The van der Waals surface area contributed by atoms with Crippen LogP contribution in [0.4, 0.5) is 0 Å². The Morgan fingerprint density at radius 3 is 2.08 bits per heavy atom. The van der Waals surface area contributed by atoms with E-state index in [0.29, 0.717) is 5.57 Å². The number of methoxy groups -OCH3 is 1. The lowest BCUT2D eigenvalue weighted by molar-refractivity contribution is -0.136. The first-order valence-corrected chi connectivity index (χ1v) is 4.64.